The number of ether oxygens (including phenoxy) is 1. The number of likely N-dealkylation sites (N-methyl/N-ethyl adjacent to an activating group) is 1. The molecule has 1 aliphatic heterocycles. The fourth-order valence-electron chi connectivity index (χ4n) is 3.62. The Bertz CT molecular complexity index is 698. The summed E-state index contributed by atoms with van der Waals surface area (Å²) in [5.74, 6) is 0.908. The summed E-state index contributed by atoms with van der Waals surface area (Å²) < 4.78 is 7.70. The molecule has 29 heavy (non-hydrogen) atoms. The Morgan fingerprint density at radius 3 is 2.76 bits per heavy atom. The van der Waals surface area contributed by atoms with Gasteiger partial charge in [0.2, 0.25) is 11.8 Å². The summed E-state index contributed by atoms with van der Waals surface area (Å²) in [6.45, 7) is 7.04. The number of hydrogen-bond donors (Lipinski definition) is 1. The van der Waals surface area contributed by atoms with Gasteiger partial charge in [-0.3, -0.25) is 19.2 Å². The minimum absolute atomic E-state index is 0.0172. The molecule has 8 nitrogen and oxygen atoms in total. The lowest BCUT2D eigenvalue weighted by molar-refractivity contribution is -0.134. The first kappa shape index (κ1) is 21.8. The SMILES string of the molecule is CC(C)CCN1C[C@@H](n2cc(NC(=O)C3CC3)cn2)C[C@H]1COCC(=O)N(C)C. The van der Waals surface area contributed by atoms with Crippen LogP contribution in [0.15, 0.2) is 12.4 Å². The van der Waals surface area contributed by atoms with Crippen LogP contribution < -0.4 is 5.32 Å². The fraction of sp³-hybridized carbons (Fsp3) is 0.762. The van der Waals surface area contributed by atoms with Gasteiger partial charge < -0.3 is 15.0 Å². The second-order valence-electron chi connectivity index (χ2n) is 9.00. The number of likely N-dealkylation sites (tertiary alicyclic amines) is 1. The molecule has 1 aromatic heterocycles. The van der Waals surface area contributed by atoms with Gasteiger partial charge in [-0.1, -0.05) is 13.8 Å². The van der Waals surface area contributed by atoms with E-state index in [0.717, 1.165) is 44.5 Å². The second-order valence-corrected chi connectivity index (χ2v) is 9.00. The Hall–Kier alpha value is -1.93. The van der Waals surface area contributed by atoms with E-state index >= 15 is 0 Å². The zero-order valence-electron chi connectivity index (χ0n) is 18.1. The summed E-state index contributed by atoms with van der Waals surface area (Å²) in [6.07, 6.45) is 7.70. The lowest BCUT2D eigenvalue weighted by Gasteiger charge is -2.25. The van der Waals surface area contributed by atoms with Gasteiger partial charge in [-0.05, 0) is 38.1 Å². The molecule has 2 aliphatic rings. The summed E-state index contributed by atoms with van der Waals surface area (Å²) in [5.41, 5.74) is 0.770. The van der Waals surface area contributed by atoms with Crippen molar-refractivity contribution in [3.63, 3.8) is 0 Å². The molecule has 162 valence electrons. The highest BCUT2D eigenvalue weighted by Crippen LogP contribution is 2.31. The van der Waals surface area contributed by atoms with Gasteiger partial charge in [0.15, 0.2) is 0 Å². The van der Waals surface area contributed by atoms with Gasteiger partial charge in [-0.25, -0.2) is 0 Å². The zero-order valence-corrected chi connectivity index (χ0v) is 18.1. The maximum atomic E-state index is 12.0. The van der Waals surface area contributed by atoms with E-state index in [1.807, 2.05) is 10.9 Å². The smallest absolute Gasteiger partial charge is 0.248 e. The van der Waals surface area contributed by atoms with Crippen molar-refractivity contribution >= 4 is 17.5 Å². The molecule has 2 fully saturated rings. The van der Waals surface area contributed by atoms with Crippen LogP contribution in [0.4, 0.5) is 5.69 Å². The van der Waals surface area contributed by atoms with Crippen LogP contribution in [-0.2, 0) is 14.3 Å². The van der Waals surface area contributed by atoms with Crippen LogP contribution in [0.25, 0.3) is 0 Å². The Labute approximate surface area is 173 Å². The monoisotopic (exact) mass is 405 g/mol. The van der Waals surface area contributed by atoms with Crippen LogP contribution in [0.1, 0.15) is 45.6 Å². The van der Waals surface area contributed by atoms with E-state index in [0.29, 0.717) is 12.5 Å². The minimum atomic E-state index is -0.0172. The van der Waals surface area contributed by atoms with Gasteiger partial charge in [0.1, 0.15) is 6.61 Å². The molecule has 1 saturated carbocycles. The lowest BCUT2D eigenvalue weighted by Crippen LogP contribution is -2.36. The number of nitrogens with one attached hydrogen (secondary N) is 1. The highest BCUT2D eigenvalue weighted by Gasteiger charge is 2.34. The Morgan fingerprint density at radius 2 is 2.10 bits per heavy atom. The molecule has 0 radical (unpaired) electrons. The summed E-state index contributed by atoms with van der Waals surface area (Å²) in [5, 5.41) is 7.47. The van der Waals surface area contributed by atoms with Crippen molar-refractivity contribution in [3.05, 3.63) is 12.4 Å². The Balaban J connectivity index is 1.57. The summed E-state index contributed by atoms with van der Waals surface area (Å²) in [7, 11) is 3.48. The van der Waals surface area contributed by atoms with Crippen LogP contribution in [-0.4, -0.2) is 77.8 Å². The first-order valence-corrected chi connectivity index (χ1v) is 10.7. The largest absolute Gasteiger partial charge is 0.370 e. The number of amides is 2. The van der Waals surface area contributed by atoms with Crippen molar-refractivity contribution in [1.82, 2.24) is 19.6 Å². The highest BCUT2D eigenvalue weighted by atomic mass is 16.5. The predicted molar refractivity (Wildman–Crippen MR) is 112 cm³/mol. The molecule has 0 bridgehead atoms. The highest BCUT2D eigenvalue weighted by molar-refractivity contribution is 5.93. The van der Waals surface area contributed by atoms with Gasteiger partial charge in [-0.15, -0.1) is 0 Å². The van der Waals surface area contributed by atoms with Crippen LogP contribution in [0.2, 0.25) is 0 Å². The van der Waals surface area contributed by atoms with E-state index in [-0.39, 0.29) is 36.4 Å². The number of rotatable bonds is 10. The quantitative estimate of drug-likeness (QED) is 0.644. The van der Waals surface area contributed by atoms with Crippen molar-refractivity contribution in [2.24, 2.45) is 11.8 Å². The first-order chi connectivity index (χ1) is 13.8. The van der Waals surface area contributed by atoms with Gasteiger partial charge in [0, 0.05) is 38.8 Å². The number of carbonyl (C=O) groups excluding carboxylic acids is 2. The van der Waals surface area contributed by atoms with Crippen LogP contribution in [0.3, 0.4) is 0 Å². The summed E-state index contributed by atoms with van der Waals surface area (Å²) in [4.78, 5) is 27.8. The maximum Gasteiger partial charge on any atom is 0.248 e. The molecular formula is C21H35N5O3. The summed E-state index contributed by atoms with van der Waals surface area (Å²) in [6, 6.07) is 0.509. The average molecular weight is 406 g/mol. The van der Waals surface area contributed by atoms with Crippen molar-refractivity contribution in [1.29, 1.82) is 0 Å². The molecule has 1 aliphatic carbocycles. The Kier molecular flexibility index (Phi) is 7.29. The molecule has 1 saturated heterocycles. The van der Waals surface area contributed by atoms with E-state index < -0.39 is 0 Å². The third kappa shape index (κ3) is 6.27. The lowest BCUT2D eigenvalue weighted by atomic mass is 10.1. The molecule has 2 atom stereocenters. The van der Waals surface area contributed by atoms with Gasteiger partial charge in [0.25, 0.3) is 0 Å². The summed E-state index contributed by atoms with van der Waals surface area (Å²) >= 11 is 0. The van der Waals surface area contributed by atoms with Gasteiger partial charge in [-0.2, -0.15) is 5.10 Å². The molecular weight excluding hydrogens is 370 g/mol. The second kappa shape index (κ2) is 9.71. The van der Waals surface area contributed by atoms with E-state index in [4.69, 9.17) is 4.74 Å². The number of aromatic nitrogens is 2. The number of nitrogens with zero attached hydrogens (tertiary/aromatic N) is 4. The van der Waals surface area contributed by atoms with Crippen molar-refractivity contribution < 1.29 is 14.3 Å². The molecule has 1 N–H and O–H groups in total. The molecule has 1 aromatic rings. The topological polar surface area (TPSA) is 79.7 Å². The van der Waals surface area contributed by atoms with Crippen LogP contribution in [0, 0.1) is 11.8 Å². The maximum absolute atomic E-state index is 12.0. The van der Waals surface area contributed by atoms with Crippen LogP contribution >= 0.6 is 0 Å². The molecule has 0 aromatic carbocycles. The van der Waals surface area contributed by atoms with Crippen molar-refractivity contribution in [3.8, 4) is 0 Å². The molecule has 3 rings (SSSR count). The first-order valence-electron chi connectivity index (χ1n) is 10.7. The van der Waals surface area contributed by atoms with E-state index in [1.165, 1.54) is 0 Å². The molecule has 2 heterocycles. The van der Waals surface area contributed by atoms with Crippen molar-refractivity contribution in [2.75, 3.05) is 45.7 Å². The molecule has 0 spiro atoms. The number of anilines is 1. The van der Waals surface area contributed by atoms with Gasteiger partial charge in [0.05, 0.1) is 24.5 Å². The average Bonchev–Trinajstić information content (AvgIpc) is 3.29. The van der Waals surface area contributed by atoms with Crippen molar-refractivity contribution in [2.45, 2.75) is 51.6 Å². The van der Waals surface area contributed by atoms with E-state index in [9.17, 15) is 9.59 Å². The normalized spacial score (nSPS) is 22.2. The molecule has 0 unspecified atom stereocenters. The minimum Gasteiger partial charge on any atom is -0.370 e. The Morgan fingerprint density at radius 1 is 1.34 bits per heavy atom. The third-order valence-corrected chi connectivity index (χ3v) is 5.73. The standard InChI is InChI=1S/C21H35N5O3/c1-15(2)7-8-25-12-18(9-19(25)13-29-14-20(27)24(3)4)26-11-17(10-22-26)23-21(28)16-5-6-16/h10-11,15-16,18-19H,5-9,12-14H2,1-4H3,(H,23,28)/t18-,19-/m0/s1. The van der Waals surface area contributed by atoms with E-state index in [1.54, 1.807) is 25.2 Å². The fourth-order valence-corrected chi connectivity index (χ4v) is 3.62. The van der Waals surface area contributed by atoms with E-state index in [2.05, 4.69) is 29.2 Å². The molecule has 8 heteroatoms. The number of hydrogen-bond acceptors (Lipinski definition) is 5. The molecule has 2 amide bonds. The predicted octanol–water partition coefficient (Wildman–Crippen LogP) is 2.00. The zero-order chi connectivity index (χ0) is 21.0. The van der Waals surface area contributed by atoms with Gasteiger partial charge >= 0.3 is 0 Å². The number of carbonyl (C=O) groups is 2. The van der Waals surface area contributed by atoms with Crippen LogP contribution in [0.5, 0.6) is 0 Å². The third-order valence-electron chi connectivity index (χ3n) is 5.73.